The highest BCUT2D eigenvalue weighted by Crippen LogP contribution is 2.20. The summed E-state index contributed by atoms with van der Waals surface area (Å²) in [4.78, 5) is 14.6. The van der Waals surface area contributed by atoms with E-state index >= 15 is 0 Å². The molecule has 22 heavy (non-hydrogen) atoms. The van der Waals surface area contributed by atoms with E-state index in [2.05, 4.69) is 15.0 Å². The molecule has 0 aliphatic carbocycles. The van der Waals surface area contributed by atoms with Crippen LogP contribution < -0.4 is 9.80 Å². The van der Waals surface area contributed by atoms with Crippen molar-refractivity contribution in [2.24, 2.45) is 0 Å². The van der Waals surface area contributed by atoms with Gasteiger partial charge >= 0.3 is 0 Å². The monoisotopic (exact) mass is 307 g/mol. The Morgan fingerprint density at radius 2 is 1.14 bits per heavy atom. The van der Waals surface area contributed by atoms with Gasteiger partial charge < -0.3 is 20.4 Å². The summed E-state index contributed by atoms with van der Waals surface area (Å²) >= 11 is 0. The molecular weight excluding hydrogens is 290 g/mol. The third-order valence-electron chi connectivity index (χ3n) is 2.89. The van der Waals surface area contributed by atoms with Crippen LogP contribution in [0.3, 0.4) is 0 Å². The van der Waals surface area contributed by atoms with Gasteiger partial charge in [0.2, 0.25) is 11.9 Å². The molecule has 0 unspecified atom stereocenters. The Labute approximate surface area is 126 Å². The van der Waals surface area contributed by atoms with Crippen LogP contribution in [-0.2, 0) is 0 Å². The van der Waals surface area contributed by atoms with Crippen LogP contribution in [0.4, 0.5) is 11.9 Å². The summed E-state index contributed by atoms with van der Waals surface area (Å²) in [6.07, 6.45) is 0. The maximum absolute atomic E-state index is 9.24. The number of anilines is 2. The van der Waals surface area contributed by atoms with Gasteiger partial charge in [-0.1, -0.05) is 30.3 Å². The summed E-state index contributed by atoms with van der Waals surface area (Å²) in [6, 6.07) is 9.03. The Bertz CT molecular complexity index is 560. The highest BCUT2D eigenvalue weighted by molar-refractivity contribution is 5.58. The van der Waals surface area contributed by atoms with Crippen LogP contribution in [0.2, 0.25) is 0 Å². The van der Waals surface area contributed by atoms with E-state index in [-0.39, 0.29) is 11.9 Å². The third-order valence-corrected chi connectivity index (χ3v) is 2.89. The summed E-state index contributed by atoms with van der Waals surface area (Å²) in [5.74, 6) is 0.348. The molecule has 0 bridgehead atoms. The summed E-state index contributed by atoms with van der Waals surface area (Å²) < 4.78 is 0. The highest BCUT2D eigenvalue weighted by atomic mass is 16.3. The maximum Gasteiger partial charge on any atom is 0.234 e. The smallest absolute Gasteiger partial charge is 0.234 e. The zero-order valence-electron chi connectivity index (χ0n) is 11.7. The number of rotatable bonds is 7. The fourth-order valence-electron chi connectivity index (χ4n) is 1.70. The van der Waals surface area contributed by atoms with Crippen molar-refractivity contribution in [3.63, 3.8) is 0 Å². The molecule has 118 valence electrons. The van der Waals surface area contributed by atoms with Crippen LogP contribution in [0.15, 0.2) is 30.3 Å². The predicted octanol–water partition coefficient (Wildman–Crippen LogP) is -1.05. The predicted molar refractivity (Wildman–Crippen MR) is 78.6 cm³/mol. The largest absolute Gasteiger partial charge is 0.376 e. The van der Waals surface area contributed by atoms with Crippen LogP contribution in [0, 0.1) is 0 Å². The molecule has 0 spiro atoms. The fourth-order valence-corrected chi connectivity index (χ4v) is 1.70. The van der Waals surface area contributed by atoms with Gasteiger partial charge in [0.25, 0.3) is 0 Å². The zero-order valence-corrected chi connectivity index (χ0v) is 11.7. The van der Waals surface area contributed by atoms with Gasteiger partial charge in [0.05, 0.1) is 0 Å². The van der Waals surface area contributed by atoms with E-state index < -0.39 is 26.9 Å². The molecule has 0 atom stereocenters. The molecule has 0 aliphatic heterocycles. The van der Waals surface area contributed by atoms with Crippen LogP contribution in [-0.4, -0.2) is 62.3 Å². The number of hydrogen-bond donors (Lipinski definition) is 4. The van der Waals surface area contributed by atoms with E-state index in [0.29, 0.717) is 11.4 Å². The highest BCUT2D eigenvalue weighted by Gasteiger charge is 2.16. The van der Waals surface area contributed by atoms with E-state index in [4.69, 9.17) is 0 Å². The number of benzene rings is 1. The SMILES string of the molecule is OCN(CO)c1nc(-c2ccccc2)nc(N(CO)CO)n1. The minimum absolute atomic E-state index is 0.0285. The Hall–Kier alpha value is -2.33. The molecule has 2 aromatic rings. The first-order chi connectivity index (χ1) is 10.7. The average molecular weight is 307 g/mol. The van der Waals surface area contributed by atoms with Gasteiger partial charge in [-0.2, -0.15) is 15.0 Å². The molecule has 1 aromatic carbocycles. The Balaban J connectivity index is 2.53. The van der Waals surface area contributed by atoms with Crippen molar-refractivity contribution in [1.29, 1.82) is 0 Å². The summed E-state index contributed by atoms with van der Waals surface area (Å²) in [5.41, 5.74) is 0.694. The van der Waals surface area contributed by atoms with Gasteiger partial charge in [-0.25, -0.2) is 0 Å². The van der Waals surface area contributed by atoms with Gasteiger partial charge in [-0.15, -0.1) is 0 Å². The Morgan fingerprint density at radius 3 is 1.55 bits per heavy atom. The first-order valence-electron chi connectivity index (χ1n) is 6.48. The lowest BCUT2D eigenvalue weighted by molar-refractivity contribution is 0.217. The fraction of sp³-hybridized carbons (Fsp3) is 0.308. The van der Waals surface area contributed by atoms with Crippen molar-refractivity contribution in [3.05, 3.63) is 30.3 Å². The molecule has 0 radical (unpaired) electrons. The molecule has 9 heteroatoms. The lowest BCUT2D eigenvalue weighted by atomic mass is 10.2. The van der Waals surface area contributed by atoms with Crippen molar-refractivity contribution in [2.45, 2.75) is 0 Å². The molecule has 0 saturated carbocycles. The minimum Gasteiger partial charge on any atom is -0.376 e. The second kappa shape index (κ2) is 7.61. The quantitative estimate of drug-likeness (QED) is 0.474. The minimum atomic E-state index is -0.494. The molecule has 1 heterocycles. The number of hydrogen-bond acceptors (Lipinski definition) is 9. The topological polar surface area (TPSA) is 126 Å². The van der Waals surface area contributed by atoms with E-state index in [0.717, 1.165) is 9.80 Å². The maximum atomic E-state index is 9.24. The molecular formula is C13H17N5O4. The number of aliphatic hydroxyl groups excluding tert-OH is 4. The third kappa shape index (κ3) is 3.46. The van der Waals surface area contributed by atoms with E-state index in [1.165, 1.54) is 0 Å². The second-order valence-corrected chi connectivity index (χ2v) is 4.27. The second-order valence-electron chi connectivity index (χ2n) is 4.27. The van der Waals surface area contributed by atoms with Gasteiger partial charge in [-0.3, -0.25) is 9.80 Å². The Kier molecular flexibility index (Phi) is 5.55. The lowest BCUT2D eigenvalue weighted by Gasteiger charge is -2.21. The summed E-state index contributed by atoms with van der Waals surface area (Å²) in [6.45, 7) is -1.97. The molecule has 9 nitrogen and oxygen atoms in total. The lowest BCUT2D eigenvalue weighted by Crippen LogP contribution is -2.31. The van der Waals surface area contributed by atoms with E-state index in [1.807, 2.05) is 18.2 Å². The van der Waals surface area contributed by atoms with Crippen molar-refractivity contribution < 1.29 is 20.4 Å². The summed E-state index contributed by atoms with van der Waals surface area (Å²) in [5, 5.41) is 37.0. The van der Waals surface area contributed by atoms with Crippen molar-refractivity contribution in [2.75, 3.05) is 36.7 Å². The van der Waals surface area contributed by atoms with Gasteiger partial charge in [0.15, 0.2) is 5.82 Å². The van der Waals surface area contributed by atoms with Crippen LogP contribution >= 0.6 is 0 Å². The summed E-state index contributed by atoms with van der Waals surface area (Å²) in [7, 11) is 0. The molecule has 4 N–H and O–H groups in total. The number of aliphatic hydroxyl groups is 4. The normalized spacial score (nSPS) is 10.5. The van der Waals surface area contributed by atoms with Crippen LogP contribution in [0.5, 0.6) is 0 Å². The van der Waals surface area contributed by atoms with E-state index in [9.17, 15) is 20.4 Å². The van der Waals surface area contributed by atoms with Crippen LogP contribution in [0.25, 0.3) is 11.4 Å². The van der Waals surface area contributed by atoms with Gasteiger partial charge in [-0.05, 0) is 0 Å². The van der Waals surface area contributed by atoms with E-state index in [1.54, 1.807) is 12.1 Å². The molecule has 0 amide bonds. The zero-order chi connectivity index (χ0) is 15.9. The van der Waals surface area contributed by atoms with Gasteiger partial charge in [0, 0.05) is 5.56 Å². The number of aromatic nitrogens is 3. The Morgan fingerprint density at radius 1 is 0.682 bits per heavy atom. The molecule has 2 rings (SSSR count). The average Bonchev–Trinajstić information content (AvgIpc) is 2.58. The first-order valence-corrected chi connectivity index (χ1v) is 6.48. The number of nitrogens with zero attached hydrogens (tertiary/aromatic N) is 5. The molecule has 0 aliphatic rings. The van der Waals surface area contributed by atoms with Crippen LogP contribution in [0.1, 0.15) is 0 Å². The standard InChI is InChI=1S/C13H17N5O4/c19-6-17(7-20)12-14-11(10-4-2-1-3-5-10)15-13(16-12)18(8-21)9-22/h1-5,19-22H,6-9H2. The molecule has 0 fully saturated rings. The van der Waals surface area contributed by atoms with Crippen molar-refractivity contribution in [3.8, 4) is 11.4 Å². The van der Waals surface area contributed by atoms with Gasteiger partial charge in [0.1, 0.15) is 26.9 Å². The molecule has 1 aromatic heterocycles. The van der Waals surface area contributed by atoms with Crippen molar-refractivity contribution in [1.82, 2.24) is 15.0 Å². The first kappa shape index (κ1) is 16.0. The molecule has 0 saturated heterocycles. The van der Waals surface area contributed by atoms with Crippen molar-refractivity contribution >= 4 is 11.9 Å².